The van der Waals surface area contributed by atoms with Crippen LogP contribution in [0.3, 0.4) is 0 Å². The highest BCUT2D eigenvalue weighted by molar-refractivity contribution is 8.00. The highest BCUT2D eigenvalue weighted by atomic mass is 32.2. The van der Waals surface area contributed by atoms with Gasteiger partial charge in [-0.3, -0.25) is 14.2 Å². The zero-order valence-electron chi connectivity index (χ0n) is 16.6. The maximum atomic E-state index is 12.8. The Kier molecular flexibility index (Phi) is 5.86. The number of carbonyl (C=O) groups excluding carboxylic acids is 2. The van der Waals surface area contributed by atoms with Gasteiger partial charge in [0.05, 0.1) is 24.2 Å². The summed E-state index contributed by atoms with van der Waals surface area (Å²) in [6.45, 7) is 5.82. The van der Waals surface area contributed by atoms with Gasteiger partial charge >= 0.3 is 0 Å². The summed E-state index contributed by atoms with van der Waals surface area (Å²) in [6.07, 6.45) is 2.19. The first-order valence-electron chi connectivity index (χ1n) is 9.89. The highest BCUT2D eigenvalue weighted by Crippen LogP contribution is 2.41. The number of aromatic nitrogens is 3. The number of thioether (sulfide) groups is 1. The monoisotopic (exact) mass is 415 g/mol. The maximum Gasteiger partial charge on any atom is 0.236 e. The lowest BCUT2D eigenvalue weighted by Gasteiger charge is -2.28. The van der Waals surface area contributed by atoms with E-state index in [4.69, 9.17) is 4.74 Å². The van der Waals surface area contributed by atoms with Crippen LogP contribution in [-0.4, -0.2) is 63.0 Å². The van der Waals surface area contributed by atoms with E-state index in [9.17, 15) is 9.59 Å². The number of rotatable bonds is 6. The Morgan fingerprint density at radius 1 is 1.24 bits per heavy atom. The third kappa shape index (κ3) is 4.62. The van der Waals surface area contributed by atoms with Crippen molar-refractivity contribution in [2.24, 2.45) is 0 Å². The average molecular weight is 416 g/mol. The minimum atomic E-state index is -0.276. The molecular weight excluding hydrogens is 390 g/mol. The number of amides is 2. The Balaban J connectivity index is 1.60. The van der Waals surface area contributed by atoms with Gasteiger partial charge in [-0.25, -0.2) is 0 Å². The van der Waals surface area contributed by atoms with Crippen LogP contribution in [0.25, 0.3) is 5.69 Å². The zero-order chi connectivity index (χ0) is 20.4. The minimum Gasteiger partial charge on any atom is -0.378 e. The topological polar surface area (TPSA) is 89.4 Å². The molecule has 0 spiro atoms. The first-order chi connectivity index (χ1) is 14.0. The predicted molar refractivity (Wildman–Crippen MR) is 110 cm³/mol. The molecule has 2 amide bonds. The Morgan fingerprint density at radius 2 is 2.00 bits per heavy atom. The number of ether oxygens (including phenoxy) is 1. The molecule has 1 aliphatic heterocycles. The molecule has 8 nitrogen and oxygen atoms in total. The fraction of sp³-hybridized carbons (Fsp3) is 0.500. The van der Waals surface area contributed by atoms with E-state index >= 15 is 0 Å². The fourth-order valence-corrected chi connectivity index (χ4v) is 4.34. The van der Waals surface area contributed by atoms with E-state index in [1.807, 2.05) is 40.7 Å². The summed E-state index contributed by atoms with van der Waals surface area (Å²) in [5, 5.41) is 12.1. The number of anilines is 1. The zero-order valence-corrected chi connectivity index (χ0v) is 17.4. The van der Waals surface area contributed by atoms with Crippen molar-refractivity contribution in [3.8, 4) is 5.69 Å². The molecule has 4 rings (SSSR count). The quantitative estimate of drug-likeness (QED) is 0.729. The van der Waals surface area contributed by atoms with Gasteiger partial charge in [0.1, 0.15) is 5.82 Å². The third-order valence-corrected chi connectivity index (χ3v) is 6.01. The van der Waals surface area contributed by atoms with Crippen LogP contribution in [0.4, 0.5) is 5.69 Å². The summed E-state index contributed by atoms with van der Waals surface area (Å²) in [5.41, 5.74) is 1.61. The van der Waals surface area contributed by atoms with Crippen LogP contribution < -0.4 is 5.32 Å². The lowest BCUT2D eigenvalue weighted by molar-refractivity contribution is -0.134. The molecule has 1 saturated carbocycles. The Bertz CT molecular complexity index is 905. The minimum absolute atomic E-state index is 0.0906. The molecule has 1 aromatic carbocycles. The molecule has 0 radical (unpaired) electrons. The molecule has 2 fully saturated rings. The highest BCUT2D eigenvalue weighted by Gasteiger charge is 2.32. The first kappa shape index (κ1) is 19.9. The van der Waals surface area contributed by atoms with Crippen LogP contribution in [0.15, 0.2) is 29.4 Å². The lowest BCUT2D eigenvalue weighted by Crippen LogP contribution is -2.44. The van der Waals surface area contributed by atoms with Gasteiger partial charge in [0.15, 0.2) is 5.16 Å². The lowest BCUT2D eigenvalue weighted by atomic mass is 10.2. The van der Waals surface area contributed by atoms with Gasteiger partial charge in [-0.05, 0) is 38.0 Å². The second kappa shape index (κ2) is 8.54. The number of nitrogens with zero attached hydrogens (tertiary/aromatic N) is 4. The second-order valence-electron chi connectivity index (χ2n) is 7.38. The normalized spacial score (nSPS) is 17.8. The van der Waals surface area contributed by atoms with Gasteiger partial charge in [0, 0.05) is 31.6 Å². The number of morpholine rings is 1. The maximum absolute atomic E-state index is 12.8. The standard InChI is InChI=1S/C20H25N5O3S/c1-13(19(27)24-8-10-28-11-9-24)29-20-23-22-18(15-6-7-15)25(20)17-5-3-4-16(12-17)21-14(2)26/h3-5,12-13,15H,6-11H2,1-2H3,(H,21,26). The molecular formula is C20H25N5O3S. The van der Waals surface area contributed by atoms with E-state index in [1.54, 1.807) is 0 Å². The van der Waals surface area contributed by atoms with Crippen molar-refractivity contribution in [1.82, 2.24) is 19.7 Å². The van der Waals surface area contributed by atoms with Gasteiger partial charge in [-0.1, -0.05) is 17.8 Å². The number of hydrogen-bond acceptors (Lipinski definition) is 6. The van der Waals surface area contributed by atoms with Crippen LogP contribution in [0.1, 0.15) is 38.4 Å². The summed E-state index contributed by atoms with van der Waals surface area (Å²) >= 11 is 1.42. The molecule has 0 bridgehead atoms. The first-order valence-corrected chi connectivity index (χ1v) is 10.8. The average Bonchev–Trinajstić information content (AvgIpc) is 3.48. The van der Waals surface area contributed by atoms with E-state index in [2.05, 4.69) is 15.5 Å². The molecule has 1 aliphatic carbocycles. The van der Waals surface area contributed by atoms with Crippen molar-refractivity contribution in [2.75, 3.05) is 31.6 Å². The molecule has 1 saturated heterocycles. The Hall–Kier alpha value is -2.39. The van der Waals surface area contributed by atoms with Crippen molar-refractivity contribution >= 4 is 29.3 Å². The SMILES string of the molecule is CC(=O)Nc1cccc(-n2c(SC(C)C(=O)N3CCOCC3)nnc2C2CC2)c1. The summed E-state index contributed by atoms with van der Waals surface area (Å²) in [4.78, 5) is 26.1. The van der Waals surface area contributed by atoms with E-state index in [0.29, 0.717) is 37.4 Å². The number of hydrogen-bond donors (Lipinski definition) is 1. The molecule has 29 heavy (non-hydrogen) atoms. The predicted octanol–water partition coefficient (Wildman–Crippen LogP) is 2.44. The molecule has 9 heteroatoms. The number of nitrogens with one attached hydrogen (secondary N) is 1. The summed E-state index contributed by atoms with van der Waals surface area (Å²) in [6, 6.07) is 7.63. The van der Waals surface area contributed by atoms with Crippen molar-refractivity contribution in [3.05, 3.63) is 30.1 Å². The second-order valence-corrected chi connectivity index (χ2v) is 8.69. The number of benzene rings is 1. The van der Waals surface area contributed by atoms with Crippen LogP contribution in [0.2, 0.25) is 0 Å². The van der Waals surface area contributed by atoms with E-state index in [1.165, 1.54) is 18.7 Å². The molecule has 2 aromatic rings. The smallest absolute Gasteiger partial charge is 0.236 e. The molecule has 1 atom stereocenters. The van der Waals surface area contributed by atoms with Crippen LogP contribution in [0, 0.1) is 0 Å². The fourth-order valence-electron chi connectivity index (χ4n) is 3.38. The number of carbonyl (C=O) groups is 2. The van der Waals surface area contributed by atoms with E-state index in [-0.39, 0.29) is 17.1 Å². The van der Waals surface area contributed by atoms with Crippen molar-refractivity contribution in [3.63, 3.8) is 0 Å². The largest absolute Gasteiger partial charge is 0.378 e. The molecule has 1 aromatic heterocycles. The van der Waals surface area contributed by atoms with Gasteiger partial charge in [0.2, 0.25) is 11.8 Å². The molecule has 154 valence electrons. The van der Waals surface area contributed by atoms with E-state index in [0.717, 1.165) is 30.0 Å². The van der Waals surface area contributed by atoms with Crippen LogP contribution >= 0.6 is 11.8 Å². The van der Waals surface area contributed by atoms with Crippen molar-refractivity contribution in [2.45, 2.75) is 43.0 Å². The third-order valence-electron chi connectivity index (χ3n) is 4.98. The van der Waals surface area contributed by atoms with Gasteiger partial charge in [0.25, 0.3) is 0 Å². The Morgan fingerprint density at radius 3 is 2.69 bits per heavy atom. The molecule has 2 aliphatic rings. The van der Waals surface area contributed by atoms with Crippen LogP contribution in [-0.2, 0) is 14.3 Å². The molecule has 2 heterocycles. The van der Waals surface area contributed by atoms with E-state index < -0.39 is 0 Å². The Labute approximate surface area is 174 Å². The van der Waals surface area contributed by atoms with Gasteiger partial charge in [-0.2, -0.15) is 0 Å². The van der Waals surface area contributed by atoms with Crippen molar-refractivity contribution < 1.29 is 14.3 Å². The molecule has 1 unspecified atom stereocenters. The summed E-state index contributed by atoms with van der Waals surface area (Å²) in [7, 11) is 0. The molecule has 1 N–H and O–H groups in total. The van der Waals surface area contributed by atoms with Gasteiger partial charge < -0.3 is 15.0 Å². The summed E-state index contributed by atoms with van der Waals surface area (Å²) in [5.74, 6) is 1.28. The summed E-state index contributed by atoms with van der Waals surface area (Å²) < 4.78 is 7.37. The van der Waals surface area contributed by atoms with Gasteiger partial charge in [-0.15, -0.1) is 10.2 Å². The van der Waals surface area contributed by atoms with Crippen molar-refractivity contribution in [1.29, 1.82) is 0 Å². The van der Waals surface area contributed by atoms with Crippen LogP contribution in [0.5, 0.6) is 0 Å².